The largest absolute Gasteiger partial charge is 0.480 e. The lowest BCUT2D eigenvalue weighted by atomic mass is 10.0. The minimum Gasteiger partial charge on any atom is -0.480 e. The summed E-state index contributed by atoms with van der Waals surface area (Å²) in [5, 5.41) is 12.2. The van der Waals surface area contributed by atoms with Gasteiger partial charge in [0.25, 0.3) is 5.91 Å². The Kier molecular flexibility index (Phi) is 6.58. The molecule has 6 nitrogen and oxygen atoms in total. The molecule has 0 saturated carbocycles. The number of ether oxygens (including phenoxy) is 1. The summed E-state index contributed by atoms with van der Waals surface area (Å²) < 4.78 is 11.2. The van der Waals surface area contributed by atoms with Crippen LogP contribution in [0.3, 0.4) is 0 Å². The third kappa shape index (κ3) is 4.82. The third-order valence-electron chi connectivity index (χ3n) is 3.86. The van der Waals surface area contributed by atoms with Crippen molar-refractivity contribution >= 4 is 16.9 Å². The van der Waals surface area contributed by atoms with Crippen molar-refractivity contribution in [3.63, 3.8) is 0 Å². The number of hydrogen-bond acceptors (Lipinski definition) is 5. The Morgan fingerprint density at radius 3 is 2.80 bits per heavy atom. The summed E-state index contributed by atoms with van der Waals surface area (Å²) in [4.78, 5) is 23.9. The summed E-state index contributed by atoms with van der Waals surface area (Å²) in [7, 11) is 0. The molecule has 0 unspecified atom stereocenters. The molecule has 0 aliphatic heterocycles. The standard InChI is InChI=1S/C19H25NO5/c1-4-6-14-11-17(22)25-16-10-12(2)9-15(18(14)16)24-13(3)19(23)20-7-5-8-21/h9-11,13,21H,4-8H2,1-3H3,(H,20,23)/t13-/m1/s1. The smallest absolute Gasteiger partial charge is 0.336 e. The number of carbonyl (C=O) groups is 1. The van der Waals surface area contributed by atoms with Gasteiger partial charge >= 0.3 is 5.63 Å². The molecule has 1 amide bonds. The number of aryl methyl sites for hydroxylation is 2. The second-order valence-corrected chi connectivity index (χ2v) is 6.11. The molecule has 0 spiro atoms. The molecule has 136 valence electrons. The van der Waals surface area contributed by atoms with Crippen LogP contribution < -0.4 is 15.7 Å². The molecular weight excluding hydrogens is 322 g/mol. The lowest BCUT2D eigenvalue weighted by Gasteiger charge is -2.17. The first-order chi connectivity index (χ1) is 12.0. The van der Waals surface area contributed by atoms with E-state index in [2.05, 4.69) is 5.32 Å². The van der Waals surface area contributed by atoms with Gasteiger partial charge in [0.1, 0.15) is 11.3 Å². The molecule has 1 aromatic carbocycles. The zero-order valence-corrected chi connectivity index (χ0v) is 14.9. The predicted octanol–water partition coefficient (Wildman–Crippen LogP) is 2.32. The van der Waals surface area contributed by atoms with Gasteiger partial charge in [-0.3, -0.25) is 4.79 Å². The zero-order chi connectivity index (χ0) is 18.4. The second-order valence-electron chi connectivity index (χ2n) is 6.11. The Labute approximate surface area is 146 Å². The molecule has 0 radical (unpaired) electrons. The van der Waals surface area contributed by atoms with Gasteiger partial charge in [-0.1, -0.05) is 13.3 Å². The minimum atomic E-state index is -0.704. The first kappa shape index (κ1) is 19.0. The molecule has 0 bridgehead atoms. The molecule has 1 atom stereocenters. The Hall–Kier alpha value is -2.34. The van der Waals surface area contributed by atoms with Crippen molar-refractivity contribution in [2.24, 2.45) is 0 Å². The number of nitrogens with one attached hydrogen (secondary N) is 1. The summed E-state index contributed by atoms with van der Waals surface area (Å²) in [5.41, 5.74) is 1.82. The van der Waals surface area contributed by atoms with Gasteiger partial charge in [-0.2, -0.15) is 0 Å². The summed E-state index contributed by atoms with van der Waals surface area (Å²) in [6.07, 6.45) is 1.39. The van der Waals surface area contributed by atoms with Gasteiger partial charge in [0, 0.05) is 19.2 Å². The van der Waals surface area contributed by atoms with Crippen LogP contribution >= 0.6 is 0 Å². The van der Waals surface area contributed by atoms with Gasteiger partial charge in [-0.25, -0.2) is 4.79 Å². The molecule has 6 heteroatoms. The van der Waals surface area contributed by atoms with E-state index in [0.29, 0.717) is 24.3 Å². The van der Waals surface area contributed by atoms with Gasteiger partial charge in [-0.05, 0) is 49.9 Å². The van der Waals surface area contributed by atoms with Gasteiger partial charge in [0.15, 0.2) is 6.10 Å². The first-order valence-corrected chi connectivity index (χ1v) is 8.58. The van der Waals surface area contributed by atoms with Gasteiger partial charge in [-0.15, -0.1) is 0 Å². The molecule has 0 saturated heterocycles. The maximum atomic E-state index is 12.1. The number of carbonyl (C=O) groups excluding carboxylic acids is 1. The molecule has 0 aliphatic rings. The number of aliphatic hydroxyl groups excluding tert-OH is 1. The van der Waals surface area contributed by atoms with Crippen LogP contribution in [0.4, 0.5) is 0 Å². The Balaban J connectivity index is 2.36. The summed E-state index contributed by atoms with van der Waals surface area (Å²) in [5.74, 6) is 0.282. The number of rotatable bonds is 8. The maximum Gasteiger partial charge on any atom is 0.336 e. The highest BCUT2D eigenvalue weighted by Gasteiger charge is 2.18. The van der Waals surface area contributed by atoms with Crippen molar-refractivity contribution in [1.82, 2.24) is 5.32 Å². The molecular formula is C19H25NO5. The highest BCUT2D eigenvalue weighted by Crippen LogP contribution is 2.31. The van der Waals surface area contributed by atoms with Crippen LogP contribution in [0.2, 0.25) is 0 Å². The van der Waals surface area contributed by atoms with E-state index in [0.717, 1.165) is 29.4 Å². The Morgan fingerprint density at radius 1 is 1.36 bits per heavy atom. The highest BCUT2D eigenvalue weighted by molar-refractivity contribution is 5.88. The Bertz CT molecular complexity index is 796. The fraction of sp³-hybridized carbons (Fsp3) is 0.474. The number of fused-ring (bicyclic) bond motifs is 1. The van der Waals surface area contributed by atoms with E-state index < -0.39 is 6.10 Å². The van der Waals surface area contributed by atoms with Crippen molar-refractivity contribution in [2.75, 3.05) is 13.2 Å². The molecule has 2 aromatic rings. The summed E-state index contributed by atoms with van der Waals surface area (Å²) in [6.45, 7) is 6.00. The molecule has 2 rings (SSSR count). The van der Waals surface area contributed by atoms with Crippen molar-refractivity contribution < 1.29 is 19.1 Å². The van der Waals surface area contributed by atoms with Crippen molar-refractivity contribution in [1.29, 1.82) is 0 Å². The molecule has 25 heavy (non-hydrogen) atoms. The van der Waals surface area contributed by atoms with Gasteiger partial charge in [0.05, 0.1) is 5.39 Å². The summed E-state index contributed by atoms with van der Waals surface area (Å²) in [6, 6.07) is 5.13. The summed E-state index contributed by atoms with van der Waals surface area (Å²) >= 11 is 0. The van der Waals surface area contributed by atoms with E-state index in [4.69, 9.17) is 14.3 Å². The minimum absolute atomic E-state index is 0.0252. The van der Waals surface area contributed by atoms with Crippen LogP contribution in [0.15, 0.2) is 27.4 Å². The van der Waals surface area contributed by atoms with E-state index >= 15 is 0 Å². The van der Waals surface area contributed by atoms with E-state index in [-0.39, 0.29) is 18.1 Å². The maximum absolute atomic E-state index is 12.1. The average Bonchev–Trinajstić information content (AvgIpc) is 2.54. The van der Waals surface area contributed by atoms with Crippen molar-refractivity contribution in [3.8, 4) is 5.75 Å². The van der Waals surface area contributed by atoms with Crippen LogP contribution in [0, 0.1) is 6.92 Å². The second kappa shape index (κ2) is 8.67. The monoisotopic (exact) mass is 347 g/mol. The zero-order valence-electron chi connectivity index (χ0n) is 14.9. The van der Waals surface area contributed by atoms with Crippen LogP contribution in [0.1, 0.15) is 37.8 Å². The molecule has 0 aliphatic carbocycles. The molecule has 0 fully saturated rings. The lowest BCUT2D eigenvalue weighted by Crippen LogP contribution is -2.37. The van der Waals surface area contributed by atoms with E-state index in [1.54, 1.807) is 13.0 Å². The Morgan fingerprint density at radius 2 is 2.12 bits per heavy atom. The van der Waals surface area contributed by atoms with Crippen LogP contribution in [-0.2, 0) is 11.2 Å². The SMILES string of the molecule is CCCc1cc(=O)oc2cc(C)cc(O[C@H](C)C(=O)NCCCO)c12. The predicted molar refractivity (Wildman–Crippen MR) is 96.0 cm³/mol. The number of hydrogen-bond donors (Lipinski definition) is 2. The lowest BCUT2D eigenvalue weighted by molar-refractivity contribution is -0.127. The normalized spacial score (nSPS) is 12.2. The third-order valence-corrected chi connectivity index (χ3v) is 3.86. The number of amides is 1. The van der Waals surface area contributed by atoms with E-state index in [1.165, 1.54) is 6.07 Å². The van der Waals surface area contributed by atoms with E-state index in [1.807, 2.05) is 19.9 Å². The highest BCUT2D eigenvalue weighted by atomic mass is 16.5. The van der Waals surface area contributed by atoms with Crippen molar-refractivity contribution in [3.05, 3.63) is 39.7 Å². The van der Waals surface area contributed by atoms with Crippen LogP contribution in [0.25, 0.3) is 11.0 Å². The average molecular weight is 347 g/mol. The van der Waals surface area contributed by atoms with Gasteiger partial charge < -0.3 is 19.6 Å². The fourth-order valence-electron chi connectivity index (χ4n) is 2.71. The molecule has 2 N–H and O–H groups in total. The van der Waals surface area contributed by atoms with E-state index in [9.17, 15) is 9.59 Å². The fourth-order valence-corrected chi connectivity index (χ4v) is 2.71. The van der Waals surface area contributed by atoms with Gasteiger partial charge in [0.2, 0.25) is 0 Å². The number of aliphatic hydroxyl groups is 1. The quantitative estimate of drug-likeness (QED) is 0.565. The molecule has 1 heterocycles. The van der Waals surface area contributed by atoms with Crippen LogP contribution in [-0.4, -0.2) is 30.3 Å². The first-order valence-electron chi connectivity index (χ1n) is 8.58. The van der Waals surface area contributed by atoms with Crippen LogP contribution in [0.5, 0.6) is 5.75 Å². The topological polar surface area (TPSA) is 88.8 Å². The molecule has 1 aromatic heterocycles. The van der Waals surface area contributed by atoms with Crippen molar-refractivity contribution in [2.45, 2.75) is 46.1 Å². The number of benzene rings is 1.